The first-order valence-corrected chi connectivity index (χ1v) is 12.3. The Morgan fingerprint density at radius 2 is 1.73 bits per heavy atom. The van der Waals surface area contributed by atoms with Gasteiger partial charge in [-0.15, -0.1) is 0 Å². The maximum Gasteiger partial charge on any atom is 0.412 e. The zero-order valence-corrected chi connectivity index (χ0v) is 21.3. The van der Waals surface area contributed by atoms with Crippen molar-refractivity contribution in [2.75, 3.05) is 7.11 Å². The number of rotatable bonds is 10. The van der Waals surface area contributed by atoms with Gasteiger partial charge in [-0.05, 0) is 78.9 Å². The third kappa shape index (κ3) is 6.90. The van der Waals surface area contributed by atoms with Gasteiger partial charge in [0, 0.05) is 23.6 Å². The number of carbonyl (C=O) groups is 2. The summed E-state index contributed by atoms with van der Waals surface area (Å²) in [6.45, 7) is 0. The van der Waals surface area contributed by atoms with Crippen LogP contribution < -0.4 is 10.1 Å². The summed E-state index contributed by atoms with van der Waals surface area (Å²) in [4.78, 5) is 32.6. The van der Waals surface area contributed by atoms with Crippen molar-refractivity contribution in [1.29, 1.82) is 0 Å². The van der Waals surface area contributed by atoms with Crippen LogP contribution in [-0.4, -0.2) is 40.2 Å². The normalized spacial score (nSPS) is 12.2. The number of hydrogen-bond acceptors (Lipinski definition) is 5. The Hall–Kier alpha value is -4.54. The second-order valence-corrected chi connectivity index (χ2v) is 9.10. The number of aryl methyl sites for hydroxylation is 1. The van der Waals surface area contributed by atoms with E-state index in [0.717, 1.165) is 6.20 Å². The molecule has 0 aliphatic heterocycles. The van der Waals surface area contributed by atoms with E-state index in [-0.39, 0.29) is 23.2 Å². The zero-order valence-electron chi connectivity index (χ0n) is 21.3. The molecule has 2 aromatic carbocycles. The summed E-state index contributed by atoms with van der Waals surface area (Å²) < 4.78 is 60.1. The highest BCUT2D eigenvalue weighted by Crippen LogP contribution is 2.34. The number of amides is 1. The minimum atomic E-state index is -4.76. The number of hydrogen-bond donors (Lipinski definition) is 2. The van der Waals surface area contributed by atoms with Crippen molar-refractivity contribution in [2.24, 2.45) is 0 Å². The molecule has 11 heteroatoms. The van der Waals surface area contributed by atoms with Crippen LogP contribution in [0, 0.1) is 5.82 Å². The average molecular weight is 556 g/mol. The van der Waals surface area contributed by atoms with Crippen LogP contribution in [0.1, 0.15) is 46.8 Å². The molecule has 0 aliphatic carbocycles. The summed E-state index contributed by atoms with van der Waals surface area (Å²) in [5.74, 6) is -1.94. The van der Waals surface area contributed by atoms with E-state index in [2.05, 4.69) is 9.97 Å². The number of carboxylic acid groups (broad SMARTS) is 1. The second kappa shape index (κ2) is 12.1. The number of pyridine rings is 2. The van der Waals surface area contributed by atoms with E-state index in [1.807, 2.05) is 5.32 Å². The minimum Gasteiger partial charge on any atom is -0.497 e. The van der Waals surface area contributed by atoms with Crippen molar-refractivity contribution in [2.45, 2.75) is 37.9 Å². The van der Waals surface area contributed by atoms with E-state index < -0.39 is 29.9 Å². The highest BCUT2D eigenvalue weighted by molar-refractivity contribution is 5.97. The number of methoxy groups -OCH3 is 1. The number of halogens is 4. The van der Waals surface area contributed by atoms with Crippen LogP contribution in [0.4, 0.5) is 17.6 Å². The molecule has 0 saturated heterocycles. The average Bonchev–Trinajstić information content (AvgIpc) is 2.93. The molecular formula is C29H25F4N3O4. The number of nitrogens with one attached hydrogen (secondary N) is 1. The van der Waals surface area contributed by atoms with Crippen LogP contribution in [0.25, 0.3) is 22.3 Å². The molecule has 0 unspecified atom stereocenters. The van der Waals surface area contributed by atoms with Gasteiger partial charge in [0.15, 0.2) is 11.7 Å². The van der Waals surface area contributed by atoms with Crippen molar-refractivity contribution in [3.05, 3.63) is 89.4 Å². The van der Waals surface area contributed by atoms with Crippen LogP contribution in [0.5, 0.6) is 5.75 Å². The lowest BCUT2D eigenvalue weighted by atomic mass is 9.99. The van der Waals surface area contributed by atoms with Crippen LogP contribution in [0.3, 0.4) is 0 Å². The van der Waals surface area contributed by atoms with Crippen LogP contribution >= 0.6 is 0 Å². The van der Waals surface area contributed by atoms with Gasteiger partial charge >= 0.3 is 12.1 Å². The molecule has 4 aromatic rings. The first-order chi connectivity index (χ1) is 19.0. The fourth-order valence-electron chi connectivity index (χ4n) is 4.24. The molecule has 2 aromatic heterocycles. The van der Waals surface area contributed by atoms with Crippen molar-refractivity contribution in [3.63, 3.8) is 0 Å². The number of carbonyl (C=O) groups excluding carboxylic acids is 1. The first-order valence-electron chi connectivity index (χ1n) is 12.3. The number of unbranched alkanes of at least 4 members (excludes halogenated alkanes) is 1. The number of ether oxygens (including phenoxy) is 1. The Morgan fingerprint density at radius 1 is 1.02 bits per heavy atom. The number of nitrogens with zero attached hydrogens (tertiary/aromatic N) is 2. The smallest absolute Gasteiger partial charge is 0.412 e. The monoisotopic (exact) mass is 555 g/mol. The van der Waals surface area contributed by atoms with Crippen molar-refractivity contribution < 1.29 is 37.0 Å². The molecule has 2 heterocycles. The summed E-state index contributed by atoms with van der Waals surface area (Å²) in [6.07, 6.45) is -2.24. The maximum absolute atomic E-state index is 13.9. The predicted octanol–water partition coefficient (Wildman–Crippen LogP) is 6.28. The van der Waals surface area contributed by atoms with Crippen molar-refractivity contribution in [3.8, 4) is 17.0 Å². The molecule has 0 radical (unpaired) electrons. The number of alkyl halides is 3. The number of fused-ring (bicyclic) bond motifs is 1. The fourth-order valence-corrected chi connectivity index (χ4v) is 4.24. The molecule has 7 nitrogen and oxygen atoms in total. The maximum atomic E-state index is 13.9. The van der Waals surface area contributed by atoms with Gasteiger partial charge in [-0.3, -0.25) is 9.59 Å². The Labute approximate surface area is 226 Å². The number of carboxylic acids is 1. The molecule has 208 valence electrons. The first kappa shape index (κ1) is 28.5. The molecule has 1 atom stereocenters. The highest BCUT2D eigenvalue weighted by Gasteiger charge is 2.42. The topological polar surface area (TPSA) is 101 Å². The van der Waals surface area contributed by atoms with E-state index in [0.29, 0.717) is 47.2 Å². The van der Waals surface area contributed by atoms with Crippen LogP contribution in [0.15, 0.2) is 66.9 Å². The van der Waals surface area contributed by atoms with Gasteiger partial charge in [0.1, 0.15) is 11.6 Å². The Balaban J connectivity index is 1.66. The predicted molar refractivity (Wildman–Crippen MR) is 139 cm³/mol. The van der Waals surface area contributed by atoms with E-state index in [9.17, 15) is 27.2 Å². The Morgan fingerprint density at radius 3 is 2.35 bits per heavy atom. The van der Waals surface area contributed by atoms with E-state index >= 15 is 0 Å². The van der Waals surface area contributed by atoms with Crippen molar-refractivity contribution in [1.82, 2.24) is 15.3 Å². The Kier molecular flexibility index (Phi) is 8.61. The molecular weight excluding hydrogens is 530 g/mol. The van der Waals surface area contributed by atoms with Gasteiger partial charge in [-0.1, -0.05) is 12.1 Å². The number of benzene rings is 2. The van der Waals surface area contributed by atoms with Gasteiger partial charge in [-0.2, -0.15) is 13.2 Å². The fraction of sp³-hybridized carbons (Fsp3) is 0.241. The quantitative estimate of drug-likeness (QED) is 0.177. The lowest BCUT2D eigenvalue weighted by Crippen LogP contribution is -2.38. The molecule has 1 amide bonds. The zero-order chi connectivity index (χ0) is 28.9. The van der Waals surface area contributed by atoms with E-state index in [1.165, 1.54) is 49.6 Å². The molecule has 0 fully saturated rings. The number of aromatic nitrogens is 2. The summed E-state index contributed by atoms with van der Waals surface area (Å²) in [7, 11) is 1.39. The molecule has 4 rings (SSSR count). The summed E-state index contributed by atoms with van der Waals surface area (Å²) in [5.41, 5.74) is 1.83. The molecule has 2 N–H and O–H groups in total. The van der Waals surface area contributed by atoms with Gasteiger partial charge in [0.05, 0.1) is 18.4 Å². The minimum absolute atomic E-state index is 0.00661. The lowest BCUT2D eigenvalue weighted by Gasteiger charge is -2.22. The lowest BCUT2D eigenvalue weighted by molar-refractivity contribution is -0.155. The SMILES string of the molecule is COc1ccc([C@@H](NC(=O)c2cnc3nc(-c4ccc(F)cc4)c(CCCCC(=O)O)cc3c2)C(F)(F)F)cc1. The number of aliphatic carboxylic acids is 1. The van der Waals surface area contributed by atoms with Gasteiger partial charge in [0.2, 0.25) is 0 Å². The van der Waals surface area contributed by atoms with Crippen molar-refractivity contribution >= 4 is 22.9 Å². The third-order valence-corrected chi connectivity index (χ3v) is 6.27. The second-order valence-electron chi connectivity index (χ2n) is 9.10. The van der Waals surface area contributed by atoms with E-state index in [1.54, 1.807) is 18.2 Å². The summed E-state index contributed by atoms with van der Waals surface area (Å²) in [6, 6.07) is 11.8. The molecule has 40 heavy (non-hydrogen) atoms. The molecule has 0 bridgehead atoms. The van der Waals surface area contributed by atoms with Gasteiger partial charge in [-0.25, -0.2) is 14.4 Å². The third-order valence-electron chi connectivity index (χ3n) is 6.27. The van der Waals surface area contributed by atoms with Gasteiger partial charge in [0.25, 0.3) is 5.91 Å². The highest BCUT2D eigenvalue weighted by atomic mass is 19.4. The molecule has 0 spiro atoms. The van der Waals surface area contributed by atoms with E-state index in [4.69, 9.17) is 9.84 Å². The molecule has 0 aliphatic rings. The summed E-state index contributed by atoms with van der Waals surface area (Å²) in [5, 5.41) is 11.4. The van der Waals surface area contributed by atoms with Crippen LogP contribution in [-0.2, 0) is 11.2 Å². The van der Waals surface area contributed by atoms with Gasteiger partial charge < -0.3 is 15.2 Å². The summed E-state index contributed by atoms with van der Waals surface area (Å²) >= 11 is 0. The largest absolute Gasteiger partial charge is 0.497 e. The Bertz CT molecular complexity index is 1510. The standard InChI is InChI=1S/C29H25F4N3O4/c1-40-23-12-8-18(9-13-23)26(29(31,32)33)36-28(39)21-15-20-14-19(4-2-3-5-24(37)38)25(35-27(20)34-16-21)17-6-10-22(30)11-7-17/h6-16,26H,2-5H2,1H3,(H,36,39)(H,37,38)/t26-/m1/s1. The molecule has 0 saturated carbocycles. The van der Waals surface area contributed by atoms with Crippen LogP contribution in [0.2, 0.25) is 0 Å².